The summed E-state index contributed by atoms with van der Waals surface area (Å²) in [5, 5.41) is 7.05. The topological polar surface area (TPSA) is 102 Å². The average molecular weight is 420 g/mol. The fourth-order valence-electron chi connectivity index (χ4n) is 3.98. The Morgan fingerprint density at radius 2 is 2.00 bits per heavy atom. The van der Waals surface area contributed by atoms with Gasteiger partial charge in [0.05, 0.1) is 42.0 Å². The Morgan fingerprint density at radius 1 is 1.19 bits per heavy atom. The minimum atomic E-state index is -0.495. The third-order valence-corrected chi connectivity index (χ3v) is 5.58. The van der Waals surface area contributed by atoms with E-state index in [-0.39, 0.29) is 16.9 Å². The molecule has 4 heterocycles. The van der Waals surface area contributed by atoms with Gasteiger partial charge in [-0.1, -0.05) is 12.1 Å². The summed E-state index contributed by atoms with van der Waals surface area (Å²) in [4.78, 5) is 20.0. The van der Waals surface area contributed by atoms with E-state index in [4.69, 9.17) is 10.5 Å². The number of nitrogens with two attached hydrogens (primary N) is 1. The van der Waals surface area contributed by atoms with E-state index < -0.39 is 11.4 Å². The highest BCUT2D eigenvalue weighted by atomic mass is 19.1. The predicted octanol–water partition coefficient (Wildman–Crippen LogP) is 2.64. The predicted molar refractivity (Wildman–Crippen MR) is 117 cm³/mol. The Hall–Kier alpha value is -3.72. The molecule has 0 amide bonds. The number of hydrogen-bond donors (Lipinski definition) is 2. The Labute approximate surface area is 177 Å². The highest BCUT2D eigenvalue weighted by Gasteiger charge is 2.20. The Bertz CT molecular complexity index is 1300. The number of rotatable bonds is 3. The number of para-hydroxylation sites is 1. The minimum absolute atomic E-state index is 0.0644. The van der Waals surface area contributed by atoms with E-state index in [1.54, 1.807) is 31.5 Å². The summed E-state index contributed by atoms with van der Waals surface area (Å²) in [5.74, 6) is -0.431. The summed E-state index contributed by atoms with van der Waals surface area (Å²) in [6.07, 6.45) is 3.38. The first-order valence-electron chi connectivity index (χ1n) is 9.98. The summed E-state index contributed by atoms with van der Waals surface area (Å²) in [6, 6.07) is 8.54. The quantitative estimate of drug-likeness (QED) is 0.528. The Kier molecular flexibility index (Phi) is 4.67. The van der Waals surface area contributed by atoms with Crippen molar-refractivity contribution in [3.8, 4) is 16.9 Å². The van der Waals surface area contributed by atoms with Gasteiger partial charge < -0.3 is 15.4 Å². The molecule has 0 spiro atoms. The highest BCUT2D eigenvalue weighted by Crippen LogP contribution is 2.29. The molecule has 0 aliphatic carbocycles. The molecule has 1 saturated heterocycles. The second-order valence-corrected chi connectivity index (χ2v) is 7.48. The lowest BCUT2D eigenvalue weighted by Crippen LogP contribution is -2.36. The lowest BCUT2D eigenvalue weighted by molar-refractivity contribution is 0.122. The molecule has 158 valence electrons. The van der Waals surface area contributed by atoms with Gasteiger partial charge in [-0.3, -0.25) is 19.4 Å². The second kappa shape index (κ2) is 7.51. The van der Waals surface area contributed by atoms with E-state index in [0.29, 0.717) is 35.6 Å². The van der Waals surface area contributed by atoms with Crippen LogP contribution in [0.15, 0.2) is 47.5 Å². The number of hydrogen-bond acceptors (Lipinski definition) is 6. The van der Waals surface area contributed by atoms with E-state index in [1.807, 2.05) is 12.1 Å². The van der Waals surface area contributed by atoms with Crippen LogP contribution in [0.4, 0.5) is 15.9 Å². The zero-order valence-electron chi connectivity index (χ0n) is 16.9. The molecule has 5 rings (SSSR count). The molecule has 0 bridgehead atoms. The van der Waals surface area contributed by atoms with Gasteiger partial charge in [0.25, 0.3) is 5.56 Å². The van der Waals surface area contributed by atoms with Crippen molar-refractivity contribution in [2.75, 3.05) is 36.9 Å². The molecule has 4 aromatic rings. The SMILES string of the molecule is Cc1cccc(F)c1-n1cc(-c2ccc(N3CCOCC3)cn2)c2[nH]nc(N)c2c1=O. The molecule has 9 heteroatoms. The molecule has 3 N–H and O–H groups in total. The van der Waals surface area contributed by atoms with Gasteiger partial charge in [-0.15, -0.1) is 0 Å². The third kappa shape index (κ3) is 3.23. The number of aryl methyl sites for hydroxylation is 1. The van der Waals surface area contributed by atoms with Crippen molar-refractivity contribution >= 4 is 22.4 Å². The average Bonchev–Trinajstić information content (AvgIpc) is 3.18. The number of nitrogens with zero attached hydrogens (tertiary/aromatic N) is 4. The Balaban J connectivity index is 1.69. The number of pyridine rings is 2. The molecule has 0 unspecified atom stereocenters. The highest BCUT2D eigenvalue weighted by molar-refractivity contribution is 5.97. The maximum absolute atomic E-state index is 14.7. The molecular weight excluding hydrogens is 399 g/mol. The summed E-state index contributed by atoms with van der Waals surface area (Å²) in [6.45, 7) is 4.73. The van der Waals surface area contributed by atoms with Crippen molar-refractivity contribution in [1.29, 1.82) is 0 Å². The number of morpholine rings is 1. The number of ether oxygens (including phenoxy) is 1. The largest absolute Gasteiger partial charge is 0.382 e. The molecule has 1 aliphatic heterocycles. The van der Waals surface area contributed by atoms with Crippen LogP contribution in [0.25, 0.3) is 27.8 Å². The van der Waals surface area contributed by atoms with E-state index >= 15 is 0 Å². The van der Waals surface area contributed by atoms with Gasteiger partial charge in [0.1, 0.15) is 11.2 Å². The number of aromatic amines is 1. The molecule has 3 aromatic heterocycles. The van der Waals surface area contributed by atoms with Crippen molar-refractivity contribution in [3.63, 3.8) is 0 Å². The minimum Gasteiger partial charge on any atom is -0.382 e. The van der Waals surface area contributed by atoms with Crippen molar-refractivity contribution in [1.82, 2.24) is 19.7 Å². The number of nitrogen functional groups attached to an aromatic ring is 1. The van der Waals surface area contributed by atoms with Crippen molar-refractivity contribution < 1.29 is 9.13 Å². The van der Waals surface area contributed by atoms with Gasteiger partial charge in [0.15, 0.2) is 5.82 Å². The number of halogens is 1. The maximum Gasteiger partial charge on any atom is 0.268 e. The van der Waals surface area contributed by atoms with Gasteiger partial charge in [-0.25, -0.2) is 4.39 Å². The van der Waals surface area contributed by atoms with Crippen molar-refractivity contribution in [2.24, 2.45) is 0 Å². The zero-order chi connectivity index (χ0) is 21.5. The van der Waals surface area contributed by atoms with Gasteiger partial charge >= 0.3 is 0 Å². The van der Waals surface area contributed by atoms with Crippen LogP contribution < -0.4 is 16.2 Å². The number of fused-ring (bicyclic) bond motifs is 1. The van der Waals surface area contributed by atoms with Crippen LogP contribution >= 0.6 is 0 Å². The first-order chi connectivity index (χ1) is 15.0. The lowest BCUT2D eigenvalue weighted by Gasteiger charge is -2.28. The molecular formula is C22H21FN6O2. The van der Waals surface area contributed by atoms with E-state index in [0.717, 1.165) is 18.8 Å². The lowest BCUT2D eigenvalue weighted by atomic mass is 10.1. The third-order valence-electron chi connectivity index (χ3n) is 5.58. The molecule has 8 nitrogen and oxygen atoms in total. The first-order valence-corrected chi connectivity index (χ1v) is 9.98. The summed E-state index contributed by atoms with van der Waals surface area (Å²) < 4.78 is 21.4. The van der Waals surface area contributed by atoms with E-state index in [2.05, 4.69) is 20.1 Å². The van der Waals surface area contributed by atoms with Crippen molar-refractivity contribution in [2.45, 2.75) is 6.92 Å². The van der Waals surface area contributed by atoms with E-state index in [9.17, 15) is 9.18 Å². The summed E-state index contributed by atoms with van der Waals surface area (Å²) >= 11 is 0. The molecule has 0 saturated carbocycles. The van der Waals surface area contributed by atoms with Gasteiger partial charge in [-0.2, -0.15) is 5.10 Å². The standard InChI is InChI=1S/C22H21FN6O2/c1-13-3-2-4-16(23)20(13)29-12-15(19-18(22(29)30)21(24)27-26-19)17-6-5-14(11-25-17)28-7-9-31-10-8-28/h2-6,11-12H,7-10H2,1H3,(H3,24,26,27). The monoisotopic (exact) mass is 420 g/mol. The Morgan fingerprint density at radius 3 is 2.71 bits per heavy atom. The van der Waals surface area contributed by atoms with Gasteiger partial charge in [0, 0.05) is 24.8 Å². The number of H-pyrrole nitrogens is 1. The summed E-state index contributed by atoms with van der Waals surface area (Å²) in [7, 11) is 0. The molecule has 1 fully saturated rings. The van der Waals surface area contributed by atoms with Gasteiger partial charge in [-0.05, 0) is 30.7 Å². The van der Waals surface area contributed by atoms with Crippen LogP contribution in [0, 0.1) is 12.7 Å². The van der Waals surface area contributed by atoms with Crippen LogP contribution in [-0.2, 0) is 4.74 Å². The number of nitrogens with one attached hydrogen (secondary N) is 1. The maximum atomic E-state index is 14.7. The number of aromatic nitrogens is 4. The fraction of sp³-hybridized carbons (Fsp3) is 0.227. The molecule has 1 aliphatic rings. The van der Waals surface area contributed by atoms with E-state index in [1.165, 1.54) is 10.6 Å². The van der Waals surface area contributed by atoms with Crippen LogP contribution in [0.5, 0.6) is 0 Å². The molecule has 31 heavy (non-hydrogen) atoms. The number of benzene rings is 1. The van der Waals surface area contributed by atoms with Crippen molar-refractivity contribution in [3.05, 3.63) is 64.5 Å². The van der Waals surface area contributed by atoms with Crippen LogP contribution in [-0.4, -0.2) is 46.1 Å². The molecule has 1 aromatic carbocycles. The molecule has 0 atom stereocenters. The zero-order valence-corrected chi connectivity index (χ0v) is 16.9. The van der Waals surface area contributed by atoms with Gasteiger partial charge in [0.2, 0.25) is 0 Å². The van der Waals surface area contributed by atoms with Crippen LogP contribution in [0.1, 0.15) is 5.56 Å². The van der Waals surface area contributed by atoms with Crippen LogP contribution in [0.3, 0.4) is 0 Å². The molecule has 0 radical (unpaired) electrons. The normalized spacial score (nSPS) is 14.3. The van der Waals surface area contributed by atoms with Crippen LogP contribution in [0.2, 0.25) is 0 Å². The summed E-state index contributed by atoms with van der Waals surface area (Å²) in [5.41, 5.74) is 9.04. The number of anilines is 2. The smallest absolute Gasteiger partial charge is 0.268 e. The second-order valence-electron chi connectivity index (χ2n) is 7.48. The fourth-order valence-corrected chi connectivity index (χ4v) is 3.98. The first kappa shape index (κ1) is 19.3.